The number of aliphatic hydroxyl groups excluding tert-OH is 4. The van der Waals surface area contributed by atoms with Crippen molar-refractivity contribution in [3.8, 4) is 23.7 Å². The third-order valence-corrected chi connectivity index (χ3v) is 29.7. The van der Waals surface area contributed by atoms with E-state index in [-0.39, 0.29) is 72.5 Å². The topological polar surface area (TPSA) is 300 Å². The van der Waals surface area contributed by atoms with Crippen LogP contribution in [0, 0.1) is 107 Å². The summed E-state index contributed by atoms with van der Waals surface area (Å²) in [7, 11) is 0. The first-order chi connectivity index (χ1) is 52.8. The Bertz CT molecular complexity index is 3200. The number of esters is 2. The van der Waals surface area contributed by atoms with E-state index in [0.29, 0.717) is 116 Å². The zero-order valence-electron chi connectivity index (χ0n) is 71.2. The zero-order chi connectivity index (χ0) is 82.2. The standard InChI is InChI=1S/C90H142O22/c1-21-63(67-33-31-51(7)77(105-67)59(15)73(93)57(13)75(95)65(23-3)79-53(9)49-55(11)87(107-79)41-35-69(91)89(111-87)45-43-83(19,109-89)71-37-39-85(99,25-5)61(17)103-71)81(97)101-47-29-27-28-30-48-102-82(98)64(22-2)68-34-32-52(8)78(106-68)60(16)74(94)58(14)76(96)66(24-4)80-54(10)50-56(12)88(108-80)42-36-70(92)90(112-88)46-44-84(20,110-90)72-38-40-86(100,26-6)62(18)104-72/h35-36,41-42,51-74,77-80,91-94,99-100H,21-26,31-34,37-40,43-50H2,1-20H3/t51-,52-,53-,54-,55+,56+,57-,58-,59-,60-,61-,62-,63+,64+,65-,66-,67+,68+,69+,70+,71+,72+,73+,74+,77+,78+,79-,80-,83-,84-,85+,86+,87-,88-,89-,90-/m0/s1. The number of hydrogen-bond donors (Lipinski definition) is 6. The van der Waals surface area contributed by atoms with Crippen molar-refractivity contribution >= 4 is 23.5 Å². The van der Waals surface area contributed by atoms with Crippen molar-refractivity contribution in [2.24, 2.45) is 82.9 Å². The predicted molar refractivity (Wildman–Crippen MR) is 419 cm³/mol. The number of ether oxygens (including phenoxy) is 12. The summed E-state index contributed by atoms with van der Waals surface area (Å²) in [5.74, 6) is -0.987. The molecule has 0 saturated carbocycles. The molecule has 22 heteroatoms. The van der Waals surface area contributed by atoms with E-state index in [1.54, 1.807) is 38.2 Å². The molecule has 36 atom stereocenters. The van der Waals surface area contributed by atoms with Crippen LogP contribution in [0.5, 0.6) is 0 Å². The van der Waals surface area contributed by atoms with Gasteiger partial charge < -0.3 is 87.5 Å². The average molecular weight is 1580 g/mol. The van der Waals surface area contributed by atoms with E-state index in [2.05, 4.69) is 65.2 Å². The number of aliphatic hydroxyl groups is 6. The minimum absolute atomic E-state index is 0.0194. The molecule has 0 bridgehead atoms. The van der Waals surface area contributed by atoms with Gasteiger partial charge in [0, 0.05) is 60.2 Å². The third kappa shape index (κ3) is 18.1. The average Bonchev–Trinajstić information content (AvgIpc) is 1.44. The van der Waals surface area contributed by atoms with Gasteiger partial charge in [0.25, 0.3) is 0 Å². The Labute approximate surface area is 669 Å². The Balaban J connectivity index is 0.675. The van der Waals surface area contributed by atoms with Crippen molar-refractivity contribution in [2.45, 2.75) is 398 Å². The fraction of sp³-hybridized carbons (Fsp3) is 0.867. The molecule has 22 nitrogen and oxygen atoms in total. The molecule has 10 aliphatic rings. The van der Waals surface area contributed by atoms with Crippen molar-refractivity contribution in [1.82, 2.24) is 0 Å². The number of ketones is 2. The summed E-state index contributed by atoms with van der Waals surface area (Å²) in [6, 6.07) is 0. The molecule has 0 aromatic carbocycles. The summed E-state index contributed by atoms with van der Waals surface area (Å²) in [6.07, 6.45) is 9.29. The van der Waals surface area contributed by atoms with E-state index in [1.165, 1.54) is 0 Å². The van der Waals surface area contributed by atoms with Crippen LogP contribution in [-0.2, 0) is 76.0 Å². The molecule has 8 fully saturated rings. The summed E-state index contributed by atoms with van der Waals surface area (Å²) >= 11 is 0. The maximum absolute atomic E-state index is 14.9. The molecule has 8 saturated heterocycles. The monoisotopic (exact) mass is 1570 g/mol. The van der Waals surface area contributed by atoms with E-state index >= 15 is 0 Å². The smallest absolute Gasteiger partial charge is 0.312 e. The molecule has 634 valence electrons. The van der Waals surface area contributed by atoms with Crippen molar-refractivity contribution < 1.29 is 107 Å². The molecule has 0 radical (unpaired) electrons. The quantitative estimate of drug-likeness (QED) is 0.0266. The van der Waals surface area contributed by atoms with Gasteiger partial charge in [0.2, 0.25) is 11.6 Å². The first-order valence-electron chi connectivity index (χ1n) is 43.5. The second-order valence-corrected chi connectivity index (χ2v) is 37.0. The lowest BCUT2D eigenvalue weighted by molar-refractivity contribution is -0.409. The first-order valence-corrected chi connectivity index (χ1v) is 43.5. The van der Waals surface area contributed by atoms with E-state index in [1.807, 2.05) is 83.1 Å². The normalized spacial score (nSPS) is 44.2. The van der Waals surface area contributed by atoms with Crippen LogP contribution in [0.15, 0.2) is 24.3 Å². The molecule has 0 aromatic heterocycles. The van der Waals surface area contributed by atoms with Crippen molar-refractivity contribution in [3.63, 3.8) is 0 Å². The van der Waals surface area contributed by atoms with Crippen LogP contribution in [0.1, 0.15) is 267 Å². The molecule has 0 aromatic rings. The van der Waals surface area contributed by atoms with E-state index in [0.717, 1.165) is 12.8 Å². The molecule has 0 unspecified atom stereocenters. The van der Waals surface area contributed by atoms with E-state index in [4.69, 9.17) is 56.8 Å². The molecule has 4 spiro atoms. The Morgan fingerprint density at radius 2 is 0.821 bits per heavy atom. The summed E-state index contributed by atoms with van der Waals surface area (Å²) < 4.78 is 79.8. The maximum Gasteiger partial charge on any atom is 0.312 e. The van der Waals surface area contributed by atoms with Gasteiger partial charge in [0.15, 0.2) is 24.8 Å². The van der Waals surface area contributed by atoms with Crippen molar-refractivity contribution in [1.29, 1.82) is 0 Å². The lowest BCUT2D eigenvalue weighted by Crippen LogP contribution is -2.63. The molecule has 6 N–H and O–H groups in total. The zero-order valence-corrected chi connectivity index (χ0v) is 71.2. The second-order valence-electron chi connectivity index (χ2n) is 37.0. The highest BCUT2D eigenvalue weighted by Crippen LogP contribution is 2.57. The predicted octanol–water partition coefficient (Wildman–Crippen LogP) is 12.3. The highest BCUT2D eigenvalue weighted by molar-refractivity contribution is 5.85. The van der Waals surface area contributed by atoms with Crippen LogP contribution in [0.3, 0.4) is 0 Å². The fourth-order valence-corrected chi connectivity index (χ4v) is 21.5. The minimum atomic E-state index is -1.43. The van der Waals surface area contributed by atoms with Gasteiger partial charge >= 0.3 is 11.9 Å². The fourth-order valence-electron chi connectivity index (χ4n) is 21.5. The van der Waals surface area contributed by atoms with Crippen molar-refractivity contribution in [2.75, 3.05) is 13.2 Å². The summed E-state index contributed by atoms with van der Waals surface area (Å²) in [4.78, 5) is 57.4. The number of carbonyl (C=O) groups is 4. The largest absolute Gasteiger partial charge is 0.452 e. The van der Waals surface area contributed by atoms with Crippen LogP contribution in [-0.4, -0.2) is 198 Å². The number of hydrogen-bond acceptors (Lipinski definition) is 22. The van der Waals surface area contributed by atoms with Gasteiger partial charge in [-0.25, -0.2) is 0 Å². The highest BCUT2D eigenvalue weighted by atomic mass is 16.8. The molecular formula is C90H142O22. The van der Waals surface area contributed by atoms with Crippen LogP contribution in [0.4, 0.5) is 0 Å². The summed E-state index contributed by atoms with van der Waals surface area (Å²) in [5.41, 5.74) is -3.44. The maximum atomic E-state index is 14.9. The Kier molecular flexibility index (Phi) is 29.5. The van der Waals surface area contributed by atoms with Crippen LogP contribution in [0.25, 0.3) is 0 Å². The molecular weight excluding hydrogens is 1430 g/mol. The summed E-state index contributed by atoms with van der Waals surface area (Å²) in [5, 5.41) is 70.1. The molecule has 112 heavy (non-hydrogen) atoms. The molecule has 0 aliphatic carbocycles. The Morgan fingerprint density at radius 3 is 1.15 bits per heavy atom. The Morgan fingerprint density at radius 1 is 0.464 bits per heavy atom. The van der Waals surface area contributed by atoms with Crippen LogP contribution < -0.4 is 0 Å². The molecule has 10 aliphatic heterocycles. The first kappa shape index (κ1) is 90.6. The SMILES string of the molecule is CC[C@@H](C(=O)[C@@H](C)[C@@H](O)[C@H](C)[C@@H]1O[C@@H]([C@@H](CC)C(=O)OCC#CC#CCOC(=O)[C@H](CC)[C@H]2CC[C@H](C)[C@H]([C@@H](C)[C@H](O)[C@H](C)C(=O)[C@H](CC)[C@H]3O[C@]4(C=C[C@@H](O)[C@]5(CC[C@@](C)([C@H]6CC[C@](O)(CC)[C@H](C)O6)O5)O4)[C@H](C)C[C@@H]3C)O2)CC[C@@H]1C)[C@H]1O[C@]2(C=C[C@@H](O)[C@]3(CC[C@@](C)([C@H]4CC[C@](O)(CC)[C@H](C)O4)O3)O2)[C@H](C)C[C@@H]1C. The van der Waals surface area contributed by atoms with Gasteiger partial charge in [-0.3, -0.25) is 19.2 Å². The van der Waals surface area contributed by atoms with Crippen LogP contribution >= 0.6 is 0 Å². The van der Waals surface area contributed by atoms with Crippen molar-refractivity contribution in [3.05, 3.63) is 24.3 Å². The van der Waals surface area contributed by atoms with Gasteiger partial charge in [-0.2, -0.15) is 0 Å². The van der Waals surface area contributed by atoms with Gasteiger partial charge in [0.05, 0.1) is 107 Å². The van der Waals surface area contributed by atoms with E-state index in [9.17, 15) is 49.8 Å². The lowest BCUT2D eigenvalue weighted by Gasteiger charge is -2.54. The van der Waals surface area contributed by atoms with Gasteiger partial charge in [-0.1, -0.05) is 111 Å². The van der Waals surface area contributed by atoms with Gasteiger partial charge in [0.1, 0.15) is 23.8 Å². The van der Waals surface area contributed by atoms with Gasteiger partial charge in [-0.05, 0) is 215 Å². The number of carbonyl (C=O) groups excluding carboxylic acids is 4. The second kappa shape index (κ2) is 36.4. The molecule has 10 rings (SSSR count). The molecule has 10 heterocycles. The highest BCUT2D eigenvalue weighted by Gasteiger charge is 2.66. The lowest BCUT2D eigenvalue weighted by atomic mass is 9.72. The number of Topliss-reactive ketones (excluding diaryl/α,β-unsaturated/α-hetero) is 2. The third-order valence-electron chi connectivity index (χ3n) is 29.7. The molecule has 0 amide bonds. The Hall–Kier alpha value is -3.76. The van der Waals surface area contributed by atoms with Gasteiger partial charge in [-0.15, -0.1) is 0 Å². The number of rotatable bonds is 26. The van der Waals surface area contributed by atoms with Crippen LogP contribution in [0.2, 0.25) is 0 Å². The van der Waals surface area contributed by atoms with E-state index < -0.39 is 178 Å². The summed E-state index contributed by atoms with van der Waals surface area (Å²) in [6.45, 7) is 38.8. The minimum Gasteiger partial charge on any atom is -0.452 e.